The predicted octanol–water partition coefficient (Wildman–Crippen LogP) is 2.89. The summed E-state index contributed by atoms with van der Waals surface area (Å²) < 4.78 is 1.88. The Balaban J connectivity index is 1.77. The highest BCUT2D eigenvalue weighted by molar-refractivity contribution is 7.16. The van der Waals surface area contributed by atoms with Crippen molar-refractivity contribution in [2.45, 2.75) is 57.8 Å². The molecule has 3 rings (SSSR count). The summed E-state index contributed by atoms with van der Waals surface area (Å²) in [7, 11) is 0. The van der Waals surface area contributed by atoms with Crippen LogP contribution in [0.3, 0.4) is 0 Å². The summed E-state index contributed by atoms with van der Waals surface area (Å²) in [5, 5.41) is 22.9. The lowest BCUT2D eigenvalue weighted by Gasteiger charge is -2.18. The number of nitrogens with zero attached hydrogens (tertiary/aromatic N) is 4. The van der Waals surface area contributed by atoms with Gasteiger partial charge in [-0.2, -0.15) is 9.61 Å². The number of carboxylic acid groups (broad SMARTS) is 1. The van der Waals surface area contributed by atoms with E-state index in [9.17, 15) is 4.79 Å². The Bertz CT molecular complexity index is 630. The van der Waals surface area contributed by atoms with E-state index >= 15 is 0 Å². The van der Waals surface area contributed by atoms with Gasteiger partial charge in [-0.05, 0) is 18.8 Å². The minimum atomic E-state index is -0.756. The monoisotopic (exact) mass is 308 g/mol. The third-order valence-electron chi connectivity index (χ3n) is 4.07. The van der Waals surface area contributed by atoms with Gasteiger partial charge in [0.2, 0.25) is 4.96 Å². The maximum absolute atomic E-state index is 10.7. The minimum Gasteiger partial charge on any atom is -0.481 e. The van der Waals surface area contributed by atoms with Crippen LogP contribution in [0.2, 0.25) is 0 Å². The molecule has 0 radical (unpaired) electrons. The molecule has 1 N–H and O–H groups in total. The zero-order chi connectivity index (χ0) is 14.8. The average molecular weight is 308 g/mol. The molecule has 1 fully saturated rings. The third-order valence-corrected chi connectivity index (χ3v) is 4.99. The smallest absolute Gasteiger partial charge is 0.303 e. The van der Waals surface area contributed by atoms with E-state index < -0.39 is 5.97 Å². The summed E-state index contributed by atoms with van der Waals surface area (Å²) >= 11 is 1.52. The number of carboxylic acids is 1. The van der Waals surface area contributed by atoms with E-state index in [1.165, 1.54) is 43.4 Å². The molecule has 6 nitrogen and oxygen atoms in total. The molecule has 1 aliphatic rings. The molecule has 1 unspecified atom stereocenters. The molecule has 2 aromatic rings. The van der Waals surface area contributed by atoms with Gasteiger partial charge in [0.05, 0.1) is 0 Å². The van der Waals surface area contributed by atoms with Crippen molar-refractivity contribution in [1.29, 1.82) is 0 Å². The standard InChI is InChI=1S/C14H20N4O2S/c1-9(8-12(19)20)7-11-17-18-13(15-16-14(18)21-11)10-5-3-2-4-6-10/h9-10H,2-8H2,1H3,(H,19,20). The second kappa shape index (κ2) is 6.09. The van der Waals surface area contributed by atoms with Crippen LogP contribution < -0.4 is 0 Å². The van der Waals surface area contributed by atoms with Gasteiger partial charge in [0, 0.05) is 18.8 Å². The molecule has 0 amide bonds. The largest absolute Gasteiger partial charge is 0.481 e. The van der Waals surface area contributed by atoms with Crippen LogP contribution in [-0.4, -0.2) is 30.9 Å². The lowest BCUT2D eigenvalue weighted by atomic mass is 9.89. The lowest BCUT2D eigenvalue weighted by molar-refractivity contribution is -0.137. The fourth-order valence-electron chi connectivity index (χ4n) is 3.04. The fraction of sp³-hybridized carbons (Fsp3) is 0.714. The number of aliphatic carboxylic acids is 1. The Morgan fingerprint density at radius 2 is 2.14 bits per heavy atom. The van der Waals surface area contributed by atoms with Crippen LogP contribution in [0.25, 0.3) is 4.96 Å². The van der Waals surface area contributed by atoms with Crippen LogP contribution in [0.1, 0.15) is 62.2 Å². The first-order valence-corrected chi connectivity index (χ1v) is 8.38. The van der Waals surface area contributed by atoms with Crippen molar-refractivity contribution in [3.8, 4) is 0 Å². The van der Waals surface area contributed by atoms with Crippen LogP contribution >= 0.6 is 11.3 Å². The second-order valence-corrected chi connectivity index (χ2v) is 7.03. The summed E-state index contributed by atoms with van der Waals surface area (Å²) in [5.74, 6) is 0.788. The summed E-state index contributed by atoms with van der Waals surface area (Å²) in [6, 6.07) is 0. The molecular formula is C14H20N4O2S. The second-order valence-electron chi connectivity index (χ2n) is 5.99. The molecule has 114 valence electrons. The maximum Gasteiger partial charge on any atom is 0.303 e. The van der Waals surface area contributed by atoms with Crippen LogP contribution in [0.15, 0.2) is 0 Å². The van der Waals surface area contributed by atoms with Gasteiger partial charge in [0.1, 0.15) is 5.01 Å². The van der Waals surface area contributed by atoms with E-state index in [0.717, 1.165) is 15.8 Å². The molecule has 1 saturated carbocycles. The Morgan fingerprint density at radius 3 is 2.86 bits per heavy atom. The van der Waals surface area contributed by atoms with Crippen molar-refractivity contribution in [2.75, 3.05) is 0 Å². The van der Waals surface area contributed by atoms with Crippen LogP contribution in [0, 0.1) is 5.92 Å². The SMILES string of the molecule is CC(CC(=O)O)Cc1nn2c(C3CCCCC3)nnc2s1. The van der Waals surface area contributed by atoms with Crippen LogP contribution in [0.4, 0.5) is 0 Å². The highest BCUT2D eigenvalue weighted by atomic mass is 32.1. The van der Waals surface area contributed by atoms with Gasteiger partial charge < -0.3 is 5.11 Å². The van der Waals surface area contributed by atoms with Gasteiger partial charge in [-0.3, -0.25) is 4.79 Å². The van der Waals surface area contributed by atoms with Crippen LogP contribution in [0.5, 0.6) is 0 Å². The lowest BCUT2D eigenvalue weighted by Crippen LogP contribution is -2.10. The molecule has 2 aromatic heterocycles. The van der Waals surface area contributed by atoms with E-state index in [-0.39, 0.29) is 12.3 Å². The summed E-state index contributed by atoms with van der Waals surface area (Å²) in [6.45, 7) is 1.94. The topological polar surface area (TPSA) is 80.4 Å². The van der Waals surface area contributed by atoms with Gasteiger partial charge >= 0.3 is 5.97 Å². The minimum absolute atomic E-state index is 0.0874. The van der Waals surface area contributed by atoms with Gasteiger partial charge in [0.25, 0.3) is 0 Å². The number of aromatic nitrogens is 4. The Kier molecular flexibility index (Phi) is 4.19. The molecule has 1 aliphatic carbocycles. The first-order valence-electron chi connectivity index (χ1n) is 7.56. The molecule has 1 atom stereocenters. The number of carbonyl (C=O) groups is 1. The molecular weight excluding hydrogens is 288 g/mol. The van der Waals surface area contributed by atoms with E-state index in [1.807, 2.05) is 11.4 Å². The third kappa shape index (κ3) is 3.23. The van der Waals surface area contributed by atoms with Gasteiger partial charge in [-0.1, -0.05) is 37.5 Å². The quantitative estimate of drug-likeness (QED) is 0.918. The maximum atomic E-state index is 10.7. The van der Waals surface area contributed by atoms with E-state index in [4.69, 9.17) is 5.11 Å². The summed E-state index contributed by atoms with van der Waals surface area (Å²) in [4.78, 5) is 11.6. The van der Waals surface area contributed by atoms with E-state index in [2.05, 4.69) is 15.3 Å². The van der Waals surface area contributed by atoms with Gasteiger partial charge in [-0.15, -0.1) is 10.2 Å². The van der Waals surface area contributed by atoms with Crippen molar-refractivity contribution in [3.05, 3.63) is 10.8 Å². The summed E-state index contributed by atoms with van der Waals surface area (Å²) in [6.07, 6.45) is 7.03. The number of hydrogen-bond donors (Lipinski definition) is 1. The molecule has 0 saturated heterocycles. The van der Waals surface area contributed by atoms with Crippen molar-refractivity contribution < 1.29 is 9.90 Å². The Morgan fingerprint density at radius 1 is 1.38 bits per heavy atom. The van der Waals surface area contributed by atoms with Crippen molar-refractivity contribution in [1.82, 2.24) is 19.8 Å². The molecule has 21 heavy (non-hydrogen) atoms. The summed E-state index contributed by atoms with van der Waals surface area (Å²) in [5.41, 5.74) is 0. The van der Waals surface area contributed by atoms with Crippen molar-refractivity contribution in [3.63, 3.8) is 0 Å². The predicted molar refractivity (Wildman–Crippen MR) is 79.6 cm³/mol. The first-order chi connectivity index (χ1) is 10.1. The molecule has 0 aromatic carbocycles. The van der Waals surface area contributed by atoms with Crippen molar-refractivity contribution >= 4 is 22.3 Å². The zero-order valence-corrected chi connectivity index (χ0v) is 13.0. The molecule has 0 spiro atoms. The number of fused-ring (bicyclic) bond motifs is 1. The highest BCUT2D eigenvalue weighted by Gasteiger charge is 2.23. The molecule has 7 heteroatoms. The van der Waals surface area contributed by atoms with Crippen molar-refractivity contribution in [2.24, 2.45) is 5.92 Å². The Hall–Kier alpha value is -1.50. The first kappa shape index (κ1) is 14.4. The number of hydrogen-bond acceptors (Lipinski definition) is 5. The van der Waals surface area contributed by atoms with Gasteiger partial charge in [0.15, 0.2) is 5.82 Å². The Labute approximate surface area is 127 Å². The zero-order valence-electron chi connectivity index (χ0n) is 12.2. The molecule has 2 heterocycles. The molecule has 0 aliphatic heterocycles. The highest BCUT2D eigenvalue weighted by Crippen LogP contribution is 2.32. The van der Waals surface area contributed by atoms with E-state index in [0.29, 0.717) is 12.3 Å². The average Bonchev–Trinajstić information content (AvgIpc) is 2.98. The van der Waals surface area contributed by atoms with Crippen LogP contribution in [-0.2, 0) is 11.2 Å². The number of rotatable bonds is 5. The molecule has 0 bridgehead atoms. The fourth-order valence-corrected chi connectivity index (χ4v) is 4.04. The van der Waals surface area contributed by atoms with Gasteiger partial charge in [-0.25, -0.2) is 0 Å². The normalized spacial score (nSPS) is 18.1. The van der Waals surface area contributed by atoms with E-state index in [1.54, 1.807) is 0 Å².